The van der Waals surface area contributed by atoms with Crippen LogP contribution in [0, 0.1) is 46.3 Å². The Morgan fingerprint density at radius 2 is 1.66 bits per heavy atom. The average molecular weight is 525 g/mol. The third-order valence-electron chi connectivity index (χ3n) is 11.7. The van der Waals surface area contributed by atoms with Gasteiger partial charge < -0.3 is 14.2 Å². The highest BCUT2D eigenvalue weighted by molar-refractivity contribution is 5.89. The third-order valence-corrected chi connectivity index (χ3v) is 11.7. The van der Waals surface area contributed by atoms with E-state index in [9.17, 15) is 14.4 Å². The van der Waals surface area contributed by atoms with Crippen LogP contribution < -0.4 is 0 Å². The predicted octanol–water partition coefficient (Wildman–Crippen LogP) is 6.22. The molecule has 4 unspecified atom stereocenters. The van der Waals surface area contributed by atoms with Crippen LogP contribution in [0.25, 0.3) is 0 Å². The molecule has 0 aliphatic heterocycles. The zero-order valence-corrected chi connectivity index (χ0v) is 23.2. The topological polar surface area (TPSA) is 78.9 Å². The van der Waals surface area contributed by atoms with Gasteiger partial charge in [0.05, 0.1) is 12.2 Å². The lowest BCUT2D eigenvalue weighted by atomic mass is 9.43. The van der Waals surface area contributed by atoms with E-state index in [2.05, 4.69) is 20.8 Å². The van der Waals surface area contributed by atoms with Gasteiger partial charge in [0.2, 0.25) is 0 Å². The van der Waals surface area contributed by atoms with Gasteiger partial charge in [0.1, 0.15) is 12.2 Å². The van der Waals surface area contributed by atoms with Crippen LogP contribution in [-0.4, -0.2) is 37.7 Å². The molecule has 6 nitrogen and oxygen atoms in total. The Labute approximate surface area is 227 Å². The Balaban J connectivity index is 1.28. The first kappa shape index (κ1) is 27.2. The lowest BCUT2D eigenvalue weighted by Gasteiger charge is -2.62. The molecule has 10 atom stereocenters. The van der Waals surface area contributed by atoms with Crippen molar-refractivity contribution in [3.05, 3.63) is 35.9 Å². The lowest BCUT2D eigenvalue weighted by molar-refractivity contribution is -0.190. The zero-order valence-electron chi connectivity index (χ0n) is 23.2. The largest absolute Gasteiger partial charge is 0.465 e. The van der Waals surface area contributed by atoms with Crippen molar-refractivity contribution in [1.29, 1.82) is 0 Å². The first-order chi connectivity index (χ1) is 18.3. The van der Waals surface area contributed by atoms with Crippen molar-refractivity contribution < 1.29 is 28.6 Å². The van der Waals surface area contributed by atoms with Gasteiger partial charge in [-0.3, -0.25) is 9.59 Å². The molecule has 0 heterocycles. The second-order valence-corrected chi connectivity index (χ2v) is 13.1. The first-order valence-electron chi connectivity index (χ1n) is 14.7. The van der Waals surface area contributed by atoms with Gasteiger partial charge in [0.25, 0.3) is 12.9 Å². The third kappa shape index (κ3) is 4.77. The molecule has 0 amide bonds. The molecule has 0 saturated heterocycles. The van der Waals surface area contributed by atoms with Gasteiger partial charge in [-0.1, -0.05) is 39.0 Å². The predicted molar refractivity (Wildman–Crippen MR) is 143 cm³/mol. The summed E-state index contributed by atoms with van der Waals surface area (Å²) in [4.78, 5) is 35.0. The minimum atomic E-state index is -0.249. The zero-order chi connectivity index (χ0) is 26.9. The molecule has 1 aromatic carbocycles. The van der Waals surface area contributed by atoms with Crippen LogP contribution in [0.4, 0.5) is 0 Å². The molecule has 4 fully saturated rings. The summed E-state index contributed by atoms with van der Waals surface area (Å²) in [7, 11) is 0. The molecule has 0 N–H and O–H groups in total. The smallest absolute Gasteiger partial charge is 0.338 e. The van der Waals surface area contributed by atoms with E-state index < -0.39 is 0 Å². The van der Waals surface area contributed by atoms with Gasteiger partial charge in [-0.15, -0.1) is 0 Å². The van der Waals surface area contributed by atoms with Crippen molar-refractivity contribution in [1.82, 2.24) is 0 Å². The summed E-state index contributed by atoms with van der Waals surface area (Å²) in [5, 5.41) is 0. The molecular weight excluding hydrogens is 480 g/mol. The Kier molecular flexibility index (Phi) is 7.89. The fourth-order valence-corrected chi connectivity index (χ4v) is 9.75. The van der Waals surface area contributed by atoms with Crippen LogP contribution in [0.1, 0.15) is 88.9 Å². The van der Waals surface area contributed by atoms with Crippen molar-refractivity contribution in [2.24, 2.45) is 46.3 Å². The van der Waals surface area contributed by atoms with Crippen molar-refractivity contribution in [2.75, 3.05) is 6.61 Å². The summed E-state index contributed by atoms with van der Waals surface area (Å²) in [6, 6.07) is 9.20. The van der Waals surface area contributed by atoms with Crippen molar-refractivity contribution in [3.63, 3.8) is 0 Å². The summed E-state index contributed by atoms with van der Waals surface area (Å²) < 4.78 is 16.9. The number of ether oxygens (including phenoxy) is 3. The molecule has 0 radical (unpaired) electrons. The molecule has 4 aliphatic rings. The number of carbonyl (C=O) groups excluding carboxylic acids is 3. The molecule has 4 aliphatic carbocycles. The van der Waals surface area contributed by atoms with Gasteiger partial charge in [-0.2, -0.15) is 0 Å². The van der Waals surface area contributed by atoms with Gasteiger partial charge in [-0.25, -0.2) is 4.79 Å². The van der Waals surface area contributed by atoms with Crippen LogP contribution in [0.5, 0.6) is 0 Å². The molecule has 0 bridgehead atoms. The summed E-state index contributed by atoms with van der Waals surface area (Å²) in [6.07, 6.45) is 9.25. The van der Waals surface area contributed by atoms with E-state index in [4.69, 9.17) is 14.2 Å². The molecule has 208 valence electrons. The maximum atomic E-state index is 12.4. The second-order valence-electron chi connectivity index (χ2n) is 13.1. The molecule has 6 heteroatoms. The SMILES string of the molecule is C[C@H](CCOC(=O)c1ccccc1)[C@H]1CCC2C3C(CC[C@@]21C)[C@@]1(C)CC[C@@H](OC=O)CC1C[C@H]3OC=O. The van der Waals surface area contributed by atoms with Crippen LogP contribution >= 0.6 is 0 Å². The summed E-state index contributed by atoms with van der Waals surface area (Å²) in [5.41, 5.74) is 1.01. The van der Waals surface area contributed by atoms with E-state index in [-0.39, 0.29) is 29.0 Å². The standard InChI is InChI=1S/C32H44O6/c1-21(13-16-36-30(35)22-7-5-4-6-8-22)25-9-10-26-29-27(12-15-32(25,26)3)31(2)14-11-24(37-19-33)17-23(31)18-28(29)38-20-34/h4-8,19-21,23-29H,9-18H2,1-3H3/t21-,23?,24-,25-,26?,27?,28-,29?,31+,32-/m1/s1. The number of hydrogen-bond acceptors (Lipinski definition) is 6. The highest BCUT2D eigenvalue weighted by atomic mass is 16.5. The highest BCUT2D eigenvalue weighted by Gasteiger charge is 2.63. The van der Waals surface area contributed by atoms with E-state index in [1.807, 2.05) is 18.2 Å². The normalized spacial score (nSPS) is 40.6. The second kappa shape index (κ2) is 11.0. The van der Waals surface area contributed by atoms with Gasteiger partial charge in [0.15, 0.2) is 0 Å². The average Bonchev–Trinajstić information content (AvgIpc) is 3.27. The van der Waals surface area contributed by atoms with Crippen LogP contribution in [0.3, 0.4) is 0 Å². The molecule has 0 spiro atoms. The first-order valence-corrected chi connectivity index (χ1v) is 14.7. The molecule has 5 rings (SSSR count). The fourth-order valence-electron chi connectivity index (χ4n) is 9.75. The minimum absolute atomic E-state index is 0.0134. The van der Waals surface area contributed by atoms with Gasteiger partial charge in [0, 0.05) is 5.92 Å². The molecular formula is C32H44O6. The van der Waals surface area contributed by atoms with E-state index in [0.29, 0.717) is 60.6 Å². The molecule has 38 heavy (non-hydrogen) atoms. The van der Waals surface area contributed by atoms with E-state index in [0.717, 1.165) is 38.5 Å². The summed E-state index contributed by atoms with van der Waals surface area (Å²) >= 11 is 0. The monoisotopic (exact) mass is 524 g/mol. The minimum Gasteiger partial charge on any atom is -0.465 e. The molecule has 0 aromatic heterocycles. The number of esters is 1. The lowest BCUT2D eigenvalue weighted by Crippen LogP contribution is -2.59. The summed E-state index contributed by atoms with van der Waals surface area (Å²) in [5.74, 6) is 2.64. The highest BCUT2D eigenvalue weighted by Crippen LogP contribution is 2.68. The van der Waals surface area contributed by atoms with Crippen LogP contribution in [0.2, 0.25) is 0 Å². The fraction of sp³-hybridized carbons (Fsp3) is 0.719. The quantitative estimate of drug-likeness (QED) is 0.217. The number of hydrogen-bond donors (Lipinski definition) is 0. The van der Waals surface area contributed by atoms with Gasteiger partial charge >= 0.3 is 5.97 Å². The molecule has 4 saturated carbocycles. The van der Waals surface area contributed by atoms with E-state index in [1.54, 1.807) is 12.1 Å². The van der Waals surface area contributed by atoms with Crippen molar-refractivity contribution in [2.45, 2.75) is 90.8 Å². The van der Waals surface area contributed by atoms with E-state index in [1.165, 1.54) is 19.3 Å². The Bertz CT molecular complexity index is 995. The van der Waals surface area contributed by atoms with Crippen molar-refractivity contribution >= 4 is 18.9 Å². The summed E-state index contributed by atoms with van der Waals surface area (Å²) in [6.45, 7) is 8.97. The van der Waals surface area contributed by atoms with Crippen LogP contribution in [-0.2, 0) is 23.8 Å². The van der Waals surface area contributed by atoms with Gasteiger partial charge in [-0.05, 0) is 110 Å². The van der Waals surface area contributed by atoms with E-state index >= 15 is 0 Å². The van der Waals surface area contributed by atoms with Crippen LogP contribution in [0.15, 0.2) is 30.3 Å². The Morgan fingerprint density at radius 1 is 0.947 bits per heavy atom. The number of fused-ring (bicyclic) bond motifs is 5. The van der Waals surface area contributed by atoms with Crippen molar-refractivity contribution in [3.8, 4) is 0 Å². The number of benzene rings is 1. The molecule has 1 aromatic rings. The number of rotatable bonds is 9. The maximum Gasteiger partial charge on any atom is 0.338 e. The number of carbonyl (C=O) groups is 3. The maximum absolute atomic E-state index is 12.4. The Morgan fingerprint density at radius 3 is 2.39 bits per heavy atom. The Hall–Kier alpha value is -2.37.